The van der Waals surface area contributed by atoms with Crippen molar-refractivity contribution in [2.24, 2.45) is 0 Å². The summed E-state index contributed by atoms with van der Waals surface area (Å²) < 4.78 is 4.63. The van der Waals surface area contributed by atoms with E-state index in [-0.39, 0.29) is 18.4 Å². The minimum atomic E-state index is -1.17. The van der Waals surface area contributed by atoms with Crippen LogP contribution in [0.25, 0.3) is 0 Å². The van der Waals surface area contributed by atoms with Crippen LogP contribution < -0.4 is 0 Å². The average Bonchev–Trinajstić information content (AvgIpc) is 2.97. The Bertz CT molecular complexity index is 887. The zero-order valence-electron chi connectivity index (χ0n) is 15.5. The number of hydrogen-bond donors (Lipinski definition) is 1. The molecule has 0 saturated carbocycles. The summed E-state index contributed by atoms with van der Waals surface area (Å²) >= 11 is 0. The molecule has 3 rings (SSSR count). The highest BCUT2D eigenvalue weighted by Gasteiger charge is 2.42. The number of aliphatic hydroxyl groups excluding tert-OH is 1. The van der Waals surface area contributed by atoms with Crippen molar-refractivity contribution in [3.05, 3.63) is 83.4 Å². The zero-order valence-corrected chi connectivity index (χ0v) is 15.5. The second kappa shape index (κ2) is 8.19. The number of hydrogen-bond acceptors (Lipinski definition) is 5. The fourth-order valence-corrected chi connectivity index (χ4v) is 3.38. The predicted molar refractivity (Wildman–Crippen MR) is 103 cm³/mol. The van der Waals surface area contributed by atoms with E-state index in [1.165, 1.54) is 7.11 Å². The van der Waals surface area contributed by atoms with Crippen LogP contribution in [0.5, 0.6) is 0 Å². The molecule has 0 radical (unpaired) electrons. The summed E-state index contributed by atoms with van der Waals surface area (Å²) in [6.45, 7) is 3.64. The van der Waals surface area contributed by atoms with Gasteiger partial charge in [-0.3, -0.25) is 14.5 Å². The smallest absolute Gasteiger partial charge is 0.333 e. The third kappa shape index (κ3) is 3.73. The molecule has 2 atom stereocenters. The Morgan fingerprint density at radius 3 is 2.11 bits per heavy atom. The number of ether oxygens (including phenoxy) is 1. The number of carbonyl (C=O) groups is 3. The van der Waals surface area contributed by atoms with Gasteiger partial charge in [0.15, 0.2) is 0 Å². The minimum Gasteiger partial charge on any atom is -0.466 e. The second-order valence-electron chi connectivity index (χ2n) is 6.65. The molecule has 0 fully saturated rings. The Hall–Kier alpha value is -3.25. The van der Waals surface area contributed by atoms with Crippen LogP contribution in [0, 0.1) is 0 Å². The third-order valence-electron chi connectivity index (χ3n) is 4.82. The van der Waals surface area contributed by atoms with Gasteiger partial charge in [-0.2, -0.15) is 0 Å². The molecule has 0 unspecified atom stereocenters. The molecule has 0 saturated heterocycles. The number of methoxy groups -OCH3 is 1. The first-order valence-corrected chi connectivity index (χ1v) is 8.89. The van der Waals surface area contributed by atoms with E-state index < -0.39 is 29.9 Å². The molecule has 1 N–H and O–H groups in total. The Morgan fingerprint density at radius 2 is 1.57 bits per heavy atom. The molecule has 2 aromatic carbocycles. The van der Waals surface area contributed by atoms with Crippen molar-refractivity contribution in [3.63, 3.8) is 0 Å². The molecule has 0 bridgehead atoms. The summed E-state index contributed by atoms with van der Waals surface area (Å²) in [5, 5.41) is 10.8. The van der Waals surface area contributed by atoms with Crippen LogP contribution in [-0.2, 0) is 16.0 Å². The Kier molecular flexibility index (Phi) is 5.70. The van der Waals surface area contributed by atoms with Crippen LogP contribution in [-0.4, -0.2) is 47.0 Å². The molecule has 6 nitrogen and oxygen atoms in total. The van der Waals surface area contributed by atoms with E-state index in [4.69, 9.17) is 0 Å². The molecule has 1 aliphatic heterocycles. The molecular formula is C22H21NO5. The Labute approximate surface area is 163 Å². The third-order valence-corrected chi connectivity index (χ3v) is 4.82. The maximum absolute atomic E-state index is 12.9. The van der Waals surface area contributed by atoms with E-state index in [0.717, 1.165) is 10.5 Å². The molecular weight excluding hydrogens is 358 g/mol. The standard InChI is InChI=1S/C22H21NO5/c1-14(22(27)28-2)12-19(24)18(13-15-8-4-3-5-9-15)23-20(25)16-10-6-7-11-17(16)21(23)26/h3-11,18-19,24H,1,12-13H2,2H3/t18-,19-/m0/s1. The van der Waals surface area contributed by atoms with Gasteiger partial charge in [0.1, 0.15) is 0 Å². The molecule has 28 heavy (non-hydrogen) atoms. The Balaban J connectivity index is 1.93. The van der Waals surface area contributed by atoms with Crippen molar-refractivity contribution >= 4 is 17.8 Å². The van der Waals surface area contributed by atoms with Crippen molar-refractivity contribution in [2.75, 3.05) is 7.11 Å². The van der Waals surface area contributed by atoms with Crippen LogP contribution >= 0.6 is 0 Å². The molecule has 0 aliphatic carbocycles. The van der Waals surface area contributed by atoms with Gasteiger partial charge in [0, 0.05) is 12.0 Å². The first kappa shape index (κ1) is 19.5. The monoisotopic (exact) mass is 379 g/mol. The lowest BCUT2D eigenvalue weighted by molar-refractivity contribution is -0.136. The molecule has 1 heterocycles. The van der Waals surface area contributed by atoms with E-state index in [0.29, 0.717) is 11.1 Å². The topological polar surface area (TPSA) is 83.9 Å². The quantitative estimate of drug-likeness (QED) is 0.454. The second-order valence-corrected chi connectivity index (χ2v) is 6.65. The lowest BCUT2D eigenvalue weighted by Gasteiger charge is -2.30. The number of amides is 2. The first-order valence-electron chi connectivity index (χ1n) is 8.89. The van der Waals surface area contributed by atoms with Gasteiger partial charge in [0.05, 0.1) is 30.4 Å². The van der Waals surface area contributed by atoms with Crippen LogP contribution in [0.1, 0.15) is 32.7 Å². The average molecular weight is 379 g/mol. The fraction of sp³-hybridized carbons (Fsp3) is 0.227. The van der Waals surface area contributed by atoms with E-state index in [9.17, 15) is 19.5 Å². The SMILES string of the molecule is C=C(C[C@H](O)[C@H](Cc1ccccc1)N1C(=O)c2ccccc2C1=O)C(=O)OC. The van der Waals surface area contributed by atoms with Gasteiger partial charge in [-0.05, 0) is 24.1 Å². The van der Waals surface area contributed by atoms with Crippen molar-refractivity contribution in [3.8, 4) is 0 Å². The van der Waals surface area contributed by atoms with Gasteiger partial charge in [-0.15, -0.1) is 0 Å². The van der Waals surface area contributed by atoms with Crippen LogP contribution in [0.4, 0.5) is 0 Å². The summed E-state index contributed by atoms with van der Waals surface area (Å²) in [5.74, 6) is -1.55. The number of imide groups is 1. The van der Waals surface area contributed by atoms with Crippen molar-refractivity contribution in [1.29, 1.82) is 0 Å². The predicted octanol–water partition coefficient (Wildman–Crippen LogP) is 2.37. The summed E-state index contributed by atoms with van der Waals surface area (Å²) in [7, 11) is 1.23. The number of carbonyl (C=O) groups excluding carboxylic acids is 3. The van der Waals surface area contributed by atoms with Crippen LogP contribution in [0.3, 0.4) is 0 Å². The fourth-order valence-electron chi connectivity index (χ4n) is 3.38. The van der Waals surface area contributed by atoms with Gasteiger partial charge >= 0.3 is 5.97 Å². The number of rotatable bonds is 7. The summed E-state index contributed by atoms with van der Waals surface area (Å²) in [6, 6.07) is 15.0. The van der Waals surface area contributed by atoms with E-state index in [1.54, 1.807) is 24.3 Å². The highest BCUT2D eigenvalue weighted by atomic mass is 16.5. The molecule has 2 aromatic rings. The molecule has 2 amide bonds. The van der Waals surface area contributed by atoms with Crippen molar-refractivity contribution in [2.45, 2.75) is 25.0 Å². The maximum Gasteiger partial charge on any atom is 0.333 e. The number of nitrogens with zero attached hydrogens (tertiary/aromatic N) is 1. The highest BCUT2D eigenvalue weighted by Crippen LogP contribution is 2.28. The van der Waals surface area contributed by atoms with Crippen molar-refractivity contribution < 1.29 is 24.2 Å². The normalized spacial score (nSPS) is 15.1. The van der Waals surface area contributed by atoms with Gasteiger partial charge in [0.25, 0.3) is 11.8 Å². The largest absolute Gasteiger partial charge is 0.466 e. The van der Waals surface area contributed by atoms with E-state index in [2.05, 4.69) is 11.3 Å². The summed E-state index contributed by atoms with van der Waals surface area (Å²) in [6.07, 6.45) is -1.03. The summed E-state index contributed by atoms with van der Waals surface area (Å²) in [5.41, 5.74) is 1.55. The number of benzene rings is 2. The minimum absolute atomic E-state index is 0.0738. The zero-order chi connectivity index (χ0) is 20.3. The van der Waals surface area contributed by atoms with E-state index >= 15 is 0 Å². The molecule has 0 spiro atoms. The van der Waals surface area contributed by atoms with Gasteiger partial charge in [-0.1, -0.05) is 49.0 Å². The van der Waals surface area contributed by atoms with Gasteiger partial charge in [-0.25, -0.2) is 4.79 Å². The number of esters is 1. The summed E-state index contributed by atoms with van der Waals surface area (Å²) in [4.78, 5) is 38.6. The van der Waals surface area contributed by atoms with Gasteiger partial charge in [0.2, 0.25) is 0 Å². The van der Waals surface area contributed by atoms with E-state index in [1.807, 2.05) is 30.3 Å². The van der Waals surface area contributed by atoms with Crippen LogP contribution in [0.2, 0.25) is 0 Å². The van der Waals surface area contributed by atoms with Gasteiger partial charge < -0.3 is 9.84 Å². The molecule has 0 aromatic heterocycles. The lowest BCUT2D eigenvalue weighted by Crippen LogP contribution is -2.48. The van der Waals surface area contributed by atoms with Crippen LogP contribution in [0.15, 0.2) is 66.7 Å². The molecule has 1 aliphatic rings. The Morgan fingerprint density at radius 1 is 1.04 bits per heavy atom. The number of aliphatic hydroxyl groups is 1. The number of fused-ring (bicyclic) bond motifs is 1. The molecule has 144 valence electrons. The molecule has 6 heteroatoms. The first-order chi connectivity index (χ1) is 13.4. The lowest BCUT2D eigenvalue weighted by atomic mass is 9.95. The van der Waals surface area contributed by atoms with Crippen molar-refractivity contribution in [1.82, 2.24) is 4.90 Å². The highest BCUT2D eigenvalue weighted by molar-refractivity contribution is 6.21. The maximum atomic E-state index is 12.9.